The van der Waals surface area contributed by atoms with Crippen molar-refractivity contribution >= 4 is 17.9 Å². The number of amides is 3. The third-order valence-electron chi connectivity index (χ3n) is 1.90. The third kappa shape index (κ3) is 5.84. The van der Waals surface area contributed by atoms with Crippen LogP contribution in [0.25, 0.3) is 0 Å². The molecule has 0 aliphatic heterocycles. The highest BCUT2D eigenvalue weighted by molar-refractivity contribution is 5.81. The average Bonchev–Trinajstić information content (AvgIpc) is 2.24. The van der Waals surface area contributed by atoms with E-state index < -0.39 is 12.0 Å². The fourth-order valence-electron chi connectivity index (χ4n) is 1.01. The van der Waals surface area contributed by atoms with Crippen molar-refractivity contribution < 1.29 is 19.5 Å². The van der Waals surface area contributed by atoms with E-state index in [0.29, 0.717) is 6.54 Å². The minimum atomic E-state index is -1.07. The molecule has 0 saturated carbocycles. The minimum absolute atomic E-state index is 0.173. The monoisotopic (exact) mass is 231 g/mol. The molecular weight excluding hydrogens is 214 g/mol. The van der Waals surface area contributed by atoms with Gasteiger partial charge < -0.3 is 20.6 Å². The lowest BCUT2D eigenvalue weighted by atomic mass is 10.4. The average molecular weight is 231 g/mol. The summed E-state index contributed by atoms with van der Waals surface area (Å²) < 4.78 is 0. The Morgan fingerprint density at radius 1 is 1.31 bits per heavy atom. The number of carbonyl (C=O) groups is 3. The van der Waals surface area contributed by atoms with Crippen LogP contribution >= 0.6 is 0 Å². The zero-order valence-corrected chi connectivity index (χ0v) is 9.45. The Hall–Kier alpha value is -1.79. The molecule has 0 fully saturated rings. The Morgan fingerprint density at radius 3 is 2.38 bits per heavy atom. The van der Waals surface area contributed by atoms with Crippen LogP contribution < -0.4 is 10.6 Å². The van der Waals surface area contributed by atoms with E-state index in [9.17, 15) is 14.4 Å². The van der Waals surface area contributed by atoms with Gasteiger partial charge in [-0.25, -0.2) is 4.79 Å². The normalized spacial score (nSPS) is 9.38. The predicted octanol–water partition coefficient (Wildman–Crippen LogP) is -0.761. The fraction of sp³-hybridized carbons (Fsp3) is 0.667. The number of nitrogens with zero attached hydrogens (tertiary/aromatic N) is 1. The van der Waals surface area contributed by atoms with Gasteiger partial charge in [0.2, 0.25) is 5.91 Å². The topological polar surface area (TPSA) is 98.7 Å². The Morgan fingerprint density at radius 2 is 1.94 bits per heavy atom. The van der Waals surface area contributed by atoms with Gasteiger partial charge in [-0.2, -0.15) is 0 Å². The molecule has 0 aliphatic rings. The van der Waals surface area contributed by atoms with E-state index in [1.807, 2.05) is 0 Å². The Balaban J connectivity index is 3.93. The molecule has 0 rings (SSSR count). The van der Waals surface area contributed by atoms with E-state index >= 15 is 0 Å². The van der Waals surface area contributed by atoms with E-state index in [2.05, 4.69) is 10.6 Å². The number of carboxylic acids is 1. The lowest BCUT2D eigenvalue weighted by Gasteiger charge is -2.18. The van der Waals surface area contributed by atoms with Gasteiger partial charge in [0, 0.05) is 26.6 Å². The molecule has 0 aromatic rings. The summed E-state index contributed by atoms with van der Waals surface area (Å²) in [5.74, 6) is -1.25. The van der Waals surface area contributed by atoms with Gasteiger partial charge in [0.15, 0.2) is 0 Å². The van der Waals surface area contributed by atoms with Crippen LogP contribution in [0, 0.1) is 0 Å². The van der Waals surface area contributed by atoms with E-state index in [-0.39, 0.29) is 25.4 Å². The fourth-order valence-corrected chi connectivity index (χ4v) is 1.01. The second kappa shape index (κ2) is 7.49. The smallest absolute Gasteiger partial charge is 0.323 e. The van der Waals surface area contributed by atoms with Crippen LogP contribution in [0.15, 0.2) is 0 Å². The first-order chi connectivity index (χ1) is 7.51. The number of aliphatic carboxylic acids is 1. The van der Waals surface area contributed by atoms with E-state index in [4.69, 9.17) is 5.11 Å². The number of likely N-dealkylation sites (N-methyl/N-ethyl adjacent to an activating group) is 1. The van der Waals surface area contributed by atoms with Crippen LogP contribution in [0.2, 0.25) is 0 Å². The Kier molecular flexibility index (Phi) is 6.66. The van der Waals surface area contributed by atoms with Gasteiger partial charge in [-0.05, 0) is 6.92 Å². The summed E-state index contributed by atoms with van der Waals surface area (Å²) in [5.41, 5.74) is 0. The van der Waals surface area contributed by atoms with Crippen molar-refractivity contribution in [3.05, 3.63) is 0 Å². The quantitative estimate of drug-likeness (QED) is 0.559. The summed E-state index contributed by atoms with van der Waals surface area (Å²) in [5, 5.41) is 13.4. The zero-order valence-electron chi connectivity index (χ0n) is 9.45. The maximum Gasteiger partial charge on any atom is 0.323 e. The number of hydrogen-bond acceptors (Lipinski definition) is 3. The van der Waals surface area contributed by atoms with Gasteiger partial charge in [-0.15, -0.1) is 0 Å². The maximum atomic E-state index is 11.4. The summed E-state index contributed by atoms with van der Waals surface area (Å²) in [6.07, 6.45) is 0.173. The molecule has 0 unspecified atom stereocenters. The second-order valence-electron chi connectivity index (χ2n) is 3.06. The molecule has 16 heavy (non-hydrogen) atoms. The molecule has 92 valence electrons. The van der Waals surface area contributed by atoms with Crippen molar-refractivity contribution in [1.29, 1.82) is 0 Å². The van der Waals surface area contributed by atoms with Crippen LogP contribution in [0.4, 0.5) is 4.79 Å². The zero-order chi connectivity index (χ0) is 12.6. The van der Waals surface area contributed by atoms with Crippen molar-refractivity contribution in [3.8, 4) is 0 Å². The van der Waals surface area contributed by atoms with Crippen molar-refractivity contribution in [3.63, 3.8) is 0 Å². The molecular formula is C9H17N3O4. The Bertz CT molecular complexity index is 267. The summed E-state index contributed by atoms with van der Waals surface area (Å²) in [6, 6.07) is -0.478. The first kappa shape index (κ1) is 14.2. The van der Waals surface area contributed by atoms with Crippen LogP contribution in [0.1, 0.15) is 13.3 Å². The number of nitrogens with one attached hydrogen (secondary N) is 2. The maximum absolute atomic E-state index is 11.4. The summed E-state index contributed by atoms with van der Waals surface area (Å²) in [6.45, 7) is 1.83. The Labute approximate surface area is 93.8 Å². The molecule has 3 N–H and O–H groups in total. The van der Waals surface area contributed by atoms with Crippen LogP contribution in [-0.4, -0.2) is 54.6 Å². The molecule has 0 aromatic carbocycles. The van der Waals surface area contributed by atoms with E-state index in [0.717, 1.165) is 4.90 Å². The number of urea groups is 1. The predicted molar refractivity (Wildman–Crippen MR) is 57.0 cm³/mol. The molecule has 7 nitrogen and oxygen atoms in total. The molecule has 0 heterocycles. The number of carboxylic acid groups (broad SMARTS) is 1. The van der Waals surface area contributed by atoms with Crippen molar-refractivity contribution in [2.45, 2.75) is 13.3 Å². The lowest BCUT2D eigenvalue weighted by Crippen LogP contribution is -2.43. The van der Waals surface area contributed by atoms with Crippen LogP contribution in [0.5, 0.6) is 0 Å². The van der Waals surface area contributed by atoms with Gasteiger partial charge in [0.1, 0.15) is 6.54 Å². The standard InChI is InChI=1S/C9H17N3O4/c1-3-12(6-8(14)15)9(16)11-5-4-7(13)10-2/h3-6H2,1-2H3,(H,10,13)(H,11,16)(H,14,15). The van der Waals surface area contributed by atoms with Gasteiger partial charge >= 0.3 is 12.0 Å². The largest absolute Gasteiger partial charge is 0.480 e. The molecule has 3 amide bonds. The van der Waals surface area contributed by atoms with Crippen molar-refractivity contribution in [2.24, 2.45) is 0 Å². The number of rotatable bonds is 6. The first-order valence-corrected chi connectivity index (χ1v) is 4.96. The molecule has 0 aromatic heterocycles. The SMILES string of the molecule is CCN(CC(=O)O)C(=O)NCCC(=O)NC. The van der Waals surface area contributed by atoms with E-state index in [1.165, 1.54) is 7.05 Å². The highest BCUT2D eigenvalue weighted by Crippen LogP contribution is 1.89. The molecule has 0 saturated heterocycles. The summed E-state index contributed by atoms with van der Waals surface area (Å²) in [4.78, 5) is 33.8. The number of carbonyl (C=O) groups excluding carboxylic acids is 2. The first-order valence-electron chi connectivity index (χ1n) is 4.96. The number of hydrogen-bond donors (Lipinski definition) is 3. The molecule has 0 radical (unpaired) electrons. The molecule has 0 bridgehead atoms. The van der Waals surface area contributed by atoms with Crippen LogP contribution in [-0.2, 0) is 9.59 Å². The second-order valence-corrected chi connectivity index (χ2v) is 3.06. The minimum Gasteiger partial charge on any atom is -0.480 e. The van der Waals surface area contributed by atoms with Crippen LogP contribution in [0.3, 0.4) is 0 Å². The van der Waals surface area contributed by atoms with Crippen molar-refractivity contribution in [1.82, 2.24) is 15.5 Å². The molecule has 0 atom stereocenters. The molecule has 0 spiro atoms. The molecule has 7 heteroatoms. The highest BCUT2D eigenvalue weighted by Gasteiger charge is 2.14. The summed E-state index contributed by atoms with van der Waals surface area (Å²) >= 11 is 0. The third-order valence-corrected chi connectivity index (χ3v) is 1.90. The lowest BCUT2D eigenvalue weighted by molar-refractivity contribution is -0.137. The van der Waals surface area contributed by atoms with Gasteiger partial charge in [0.25, 0.3) is 0 Å². The van der Waals surface area contributed by atoms with Gasteiger partial charge in [0.05, 0.1) is 0 Å². The molecule has 0 aliphatic carbocycles. The van der Waals surface area contributed by atoms with E-state index in [1.54, 1.807) is 6.92 Å². The van der Waals surface area contributed by atoms with Gasteiger partial charge in [-0.3, -0.25) is 9.59 Å². The van der Waals surface area contributed by atoms with Gasteiger partial charge in [-0.1, -0.05) is 0 Å². The highest BCUT2D eigenvalue weighted by atomic mass is 16.4. The van der Waals surface area contributed by atoms with Crippen molar-refractivity contribution in [2.75, 3.05) is 26.7 Å². The summed E-state index contributed by atoms with van der Waals surface area (Å²) in [7, 11) is 1.51.